The number of carbonyl (C=O) groups is 1. The molecule has 0 aliphatic rings. The van der Waals surface area contributed by atoms with E-state index in [2.05, 4.69) is 22.3 Å². The lowest BCUT2D eigenvalue weighted by molar-refractivity contribution is -0.113. The van der Waals surface area contributed by atoms with E-state index in [1.54, 1.807) is 11.0 Å². The van der Waals surface area contributed by atoms with Crippen LogP contribution in [0, 0.1) is 0 Å². The maximum Gasteiger partial charge on any atom is 0.234 e. The average Bonchev–Trinajstić information content (AvgIpc) is 3.10. The number of para-hydroxylation sites is 1. The second-order valence-corrected chi connectivity index (χ2v) is 6.14. The molecule has 1 heterocycles. The van der Waals surface area contributed by atoms with Gasteiger partial charge in [-0.25, -0.2) is 9.67 Å². The topological polar surface area (TPSA) is 59.8 Å². The van der Waals surface area contributed by atoms with E-state index in [0.29, 0.717) is 5.16 Å². The van der Waals surface area contributed by atoms with Crippen LogP contribution in [0.2, 0.25) is 0 Å². The number of aryl methyl sites for hydroxylation is 1. The third kappa shape index (κ3) is 4.23. The van der Waals surface area contributed by atoms with Gasteiger partial charge in [-0.2, -0.15) is 0 Å². The molecular weight excluding hydrogens is 320 g/mol. The van der Waals surface area contributed by atoms with Crippen LogP contribution in [-0.4, -0.2) is 26.4 Å². The third-order valence-electron chi connectivity index (χ3n) is 3.47. The number of aromatic nitrogens is 3. The second-order valence-electron chi connectivity index (χ2n) is 5.19. The summed E-state index contributed by atoms with van der Waals surface area (Å²) < 4.78 is 1.70. The number of anilines is 1. The van der Waals surface area contributed by atoms with Crippen molar-refractivity contribution in [1.82, 2.24) is 14.8 Å². The summed E-state index contributed by atoms with van der Waals surface area (Å²) in [4.78, 5) is 16.3. The van der Waals surface area contributed by atoms with Crippen LogP contribution in [0.1, 0.15) is 12.5 Å². The van der Waals surface area contributed by atoms with E-state index < -0.39 is 0 Å². The van der Waals surface area contributed by atoms with Crippen molar-refractivity contribution in [2.75, 3.05) is 11.1 Å². The van der Waals surface area contributed by atoms with Gasteiger partial charge >= 0.3 is 0 Å². The first-order chi connectivity index (χ1) is 11.7. The molecule has 2 aromatic carbocycles. The number of nitrogens with zero attached hydrogens (tertiary/aromatic N) is 3. The first-order valence-electron chi connectivity index (χ1n) is 7.73. The van der Waals surface area contributed by atoms with Gasteiger partial charge in [0, 0.05) is 5.69 Å². The average molecular weight is 338 g/mol. The lowest BCUT2D eigenvalue weighted by atomic mass is 10.1. The number of rotatable bonds is 6. The van der Waals surface area contributed by atoms with Crippen molar-refractivity contribution in [1.29, 1.82) is 0 Å². The third-order valence-corrected chi connectivity index (χ3v) is 4.32. The zero-order chi connectivity index (χ0) is 16.8. The Labute approximate surface area is 145 Å². The molecule has 0 aliphatic heterocycles. The van der Waals surface area contributed by atoms with Gasteiger partial charge in [0.15, 0.2) is 0 Å². The molecule has 0 saturated heterocycles. The summed E-state index contributed by atoms with van der Waals surface area (Å²) in [5.41, 5.74) is 3.00. The molecule has 0 saturated carbocycles. The molecule has 6 heteroatoms. The minimum absolute atomic E-state index is 0.0692. The molecule has 0 atom stereocenters. The summed E-state index contributed by atoms with van der Waals surface area (Å²) in [5.74, 6) is 0.203. The zero-order valence-electron chi connectivity index (χ0n) is 13.3. The van der Waals surface area contributed by atoms with Crippen LogP contribution < -0.4 is 5.32 Å². The molecular formula is C18H18N4OS. The number of hydrogen-bond donors (Lipinski definition) is 1. The molecule has 0 spiro atoms. The molecule has 1 N–H and O–H groups in total. The summed E-state index contributed by atoms with van der Waals surface area (Å²) in [6.07, 6.45) is 2.64. The fourth-order valence-corrected chi connectivity index (χ4v) is 2.77. The maximum atomic E-state index is 12.0. The summed E-state index contributed by atoms with van der Waals surface area (Å²) in [7, 11) is 0. The van der Waals surface area contributed by atoms with Gasteiger partial charge in [-0.05, 0) is 36.2 Å². The molecule has 0 unspecified atom stereocenters. The molecule has 3 rings (SSSR count). The van der Waals surface area contributed by atoms with Gasteiger partial charge in [0.05, 0.1) is 11.4 Å². The van der Waals surface area contributed by atoms with Crippen molar-refractivity contribution < 1.29 is 4.79 Å². The SMILES string of the molecule is CCc1ccc(NC(=O)CSc2ncn(-c3ccccc3)n2)cc1. The lowest BCUT2D eigenvalue weighted by Crippen LogP contribution is -2.14. The quantitative estimate of drug-likeness (QED) is 0.698. The number of amides is 1. The predicted molar refractivity (Wildman–Crippen MR) is 96.5 cm³/mol. The summed E-state index contributed by atoms with van der Waals surface area (Å²) in [5, 5.41) is 7.83. The highest BCUT2D eigenvalue weighted by Crippen LogP contribution is 2.15. The Morgan fingerprint density at radius 1 is 1.12 bits per heavy atom. The Morgan fingerprint density at radius 2 is 1.88 bits per heavy atom. The maximum absolute atomic E-state index is 12.0. The number of hydrogen-bond acceptors (Lipinski definition) is 4. The summed E-state index contributed by atoms with van der Waals surface area (Å²) in [6.45, 7) is 2.10. The molecule has 1 amide bonds. The molecule has 0 aliphatic carbocycles. The van der Waals surface area contributed by atoms with Gasteiger partial charge in [0.25, 0.3) is 0 Å². The molecule has 1 aromatic heterocycles. The van der Waals surface area contributed by atoms with Crippen molar-refractivity contribution in [3.63, 3.8) is 0 Å². The van der Waals surface area contributed by atoms with Crippen LogP contribution in [0.4, 0.5) is 5.69 Å². The van der Waals surface area contributed by atoms with Gasteiger partial charge < -0.3 is 5.32 Å². The highest BCUT2D eigenvalue weighted by atomic mass is 32.2. The van der Waals surface area contributed by atoms with Crippen LogP contribution in [0.15, 0.2) is 66.1 Å². The minimum atomic E-state index is -0.0692. The van der Waals surface area contributed by atoms with Crippen LogP contribution in [0.5, 0.6) is 0 Å². The Kier molecular flexibility index (Phi) is 5.28. The molecule has 24 heavy (non-hydrogen) atoms. The largest absolute Gasteiger partial charge is 0.325 e. The van der Waals surface area contributed by atoms with Gasteiger partial charge in [0.2, 0.25) is 11.1 Å². The summed E-state index contributed by atoms with van der Waals surface area (Å²) >= 11 is 1.32. The van der Waals surface area contributed by atoms with E-state index in [1.165, 1.54) is 17.3 Å². The van der Waals surface area contributed by atoms with Crippen molar-refractivity contribution in [3.05, 3.63) is 66.5 Å². The van der Waals surface area contributed by atoms with Crippen LogP contribution in [0.25, 0.3) is 5.69 Å². The molecule has 3 aromatic rings. The first-order valence-corrected chi connectivity index (χ1v) is 8.72. The fraction of sp³-hybridized carbons (Fsp3) is 0.167. The van der Waals surface area contributed by atoms with E-state index in [4.69, 9.17) is 0 Å². The first kappa shape index (κ1) is 16.3. The van der Waals surface area contributed by atoms with Gasteiger partial charge in [-0.3, -0.25) is 4.79 Å². The number of carbonyl (C=O) groups excluding carboxylic acids is 1. The Morgan fingerprint density at radius 3 is 2.58 bits per heavy atom. The van der Waals surface area contributed by atoms with E-state index in [-0.39, 0.29) is 11.7 Å². The normalized spacial score (nSPS) is 10.5. The van der Waals surface area contributed by atoms with Gasteiger partial charge in [-0.1, -0.05) is 49.0 Å². The molecule has 5 nitrogen and oxygen atoms in total. The molecule has 122 valence electrons. The van der Waals surface area contributed by atoms with Gasteiger partial charge in [-0.15, -0.1) is 5.10 Å². The zero-order valence-corrected chi connectivity index (χ0v) is 14.2. The highest BCUT2D eigenvalue weighted by molar-refractivity contribution is 7.99. The van der Waals surface area contributed by atoms with Gasteiger partial charge in [0.1, 0.15) is 6.33 Å². The smallest absolute Gasteiger partial charge is 0.234 e. The van der Waals surface area contributed by atoms with Crippen LogP contribution >= 0.6 is 11.8 Å². The van der Waals surface area contributed by atoms with Crippen molar-refractivity contribution >= 4 is 23.4 Å². The van der Waals surface area contributed by atoms with E-state index in [0.717, 1.165) is 17.8 Å². The Hall–Kier alpha value is -2.60. The Bertz CT molecular complexity index is 799. The highest BCUT2D eigenvalue weighted by Gasteiger charge is 2.08. The number of benzene rings is 2. The van der Waals surface area contributed by atoms with Crippen molar-refractivity contribution in [2.24, 2.45) is 0 Å². The molecule has 0 bridgehead atoms. The lowest BCUT2D eigenvalue weighted by Gasteiger charge is -2.05. The summed E-state index contributed by atoms with van der Waals surface area (Å²) in [6, 6.07) is 17.6. The monoisotopic (exact) mass is 338 g/mol. The van der Waals surface area contributed by atoms with Crippen LogP contribution in [-0.2, 0) is 11.2 Å². The number of nitrogens with one attached hydrogen (secondary N) is 1. The second kappa shape index (κ2) is 7.79. The van der Waals surface area contributed by atoms with Crippen molar-refractivity contribution in [2.45, 2.75) is 18.5 Å². The molecule has 0 fully saturated rings. The Balaban J connectivity index is 1.53. The fourth-order valence-electron chi connectivity index (χ4n) is 2.17. The van der Waals surface area contributed by atoms with Crippen LogP contribution in [0.3, 0.4) is 0 Å². The standard InChI is InChI=1S/C18H18N4OS/c1-2-14-8-10-15(11-9-14)20-17(23)12-24-18-19-13-22(21-18)16-6-4-3-5-7-16/h3-11,13H,2,12H2,1H3,(H,20,23). The molecule has 0 radical (unpaired) electrons. The van der Waals surface area contributed by atoms with E-state index >= 15 is 0 Å². The number of thioether (sulfide) groups is 1. The van der Waals surface area contributed by atoms with E-state index in [9.17, 15) is 4.79 Å². The van der Waals surface area contributed by atoms with Crippen molar-refractivity contribution in [3.8, 4) is 5.69 Å². The minimum Gasteiger partial charge on any atom is -0.325 e. The van der Waals surface area contributed by atoms with E-state index in [1.807, 2.05) is 54.6 Å². The predicted octanol–water partition coefficient (Wildman–Crippen LogP) is 3.56.